The minimum atomic E-state index is -1.08. The van der Waals surface area contributed by atoms with E-state index in [1.165, 1.54) is 4.88 Å². The largest absolute Gasteiger partial charge is 0.480 e. The Hall–Kier alpha value is -2.15. The van der Waals surface area contributed by atoms with Gasteiger partial charge >= 0.3 is 5.97 Å². The highest BCUT2D eigenvalue weighted by Gasteiger charge is 2.15. The van der Waals surface area contributed by atoms with Gasteiger partial charge in [0.2, 0.25) is 0 Å². The van der Waals surface area contributed by atoms with Gasteiger partial charge in [-0.25, -0.2) is 4.68 Å². The number of carboxylic acid groups (broad SMARTS) is 1. The first kappa shape index (κ1) is 12.9. The summed E-state index contributed by atoms with van der Waals surface area (Å²) < 4.78 is 3.82. The van der Waals surface area contributed by atoms with Crippen LogP contribution < -0.4 is 5.56 Å². The fraction of sp³-hybridized carbons (Fsp3) is 0.308. The van der Waals surface area contributed by atoms with Crippen molar-refractivity contribution in [2.45, 2.75) is 26.8 Å². The van der Waals surface area contributed by atoms with Crippen LogP contribution in [0.3, 0.4) is 0 Å². The molecule has 3 heterocycles. The molecule has 0 amide bonds. The van der Waals surface area contributed by atoms with Crippen LogP contribution in [0.5, 0.6) is 0 Å². The highest BCUT2D eigenvalue weighted by atomic mass is 32.1. The van der Waals surface area contributed by atoms with E-state index >= 15 is 0 Å². The third-order valence-electron chi connectivity index (χ3n) is 3.22. The Bertz CT molecular complexity index is 888. The maximum absolute atomic E-state index is 12.3. The first-order valence-electron chi connectivity index (χ1n) is 6.24. The number of hydrogen-bond acceptors (Lipinski definition) is 4. The van der Waals surface area contributed by atoms with Gasteiger partial charge in [0.15, 0.2) is 0 Å². The fourth-order valence-electron chi connectivity index (χ4n) is 2.36. The Morgan fingerprint density at radius 1 is 1.40 bits per heavy atom. The molecule has 0 atom stereocenters. The first-order chi connectivity index (χ1) is 9.51. The third kappa shape index (κ3) is 1.82. The Balaban J connectivity index is 2.35. The van der Waals surface area contributed by atoms with E-state index in [1.54, 1.807) is 22.7 Å². The molecule has 6 nitrogen and oxygen atoms in total. The molecule has 0 saturated heterocycles. The van der Waals surface area contributed by atoms with Gasteiger partial charge in [-0.15, -0.1) is 11.3 Å². The third-order valence-corrected chi connectivity index (χ3v) is 4.43. The molecule has 3 aromatic heterocycles. The van der Waals surface area contributed by atoms with Crippen molar-refractivity contribution in [1.82, 2.24) is 14.2 Å². The SMILES string of the molecule is CCc1cc2c(cc3c(=O)n(CC(=O)O)nc(C)n32)s1. The maximum atomic E-state index is 12.3. The quantitative estimate of drug-likeness (QED) is 0.796. The Morgan fingerprint density at radius 2 is 2.15 bits per heavy atom. The number of aryl methyl sites for hydroxylation is 2. The average molecular weight is 291 g/mol. The molecule has 0 saturated carbocycles. The number of aromatic nitrogens is 3. The van der Waals surface area contributed by atoms with E-state index in [0.29, 0.717) is 11.3 Å². The topological polar surface area (TPSA) is 76.6 Å². The molecular formula is C13H13N3O3S. The van der Waals surface area contributed by atoms with Crippen LogP contribution in [-0.2, 0) is 17.8 Å². The fourth-order valence-corrected chi connectivity index (χ4v) is 3.38. The van der Waals surface area contributed by atoms with Gasteiger partial charge in [-0.05, 0) is 25.5 Å². The predicted molar refractivity (Wildman–Crippen MR) is 76.6 cm³/mol. The summed E-state index contributed by atoms with van der Waals surface area (Å²) in [5.74, 6) is -0.471. The molecule has 0 aromatic carbocycles. The molecule has 0 aliphatic carbocycles. The molecule has 0 spiro atoms. The standard InChI is InChI=1S/C13H13N3O3S/c1-3-8-4-9-11(20-8)5-10-13(19)15(6-12(17)18)14-7(2)16(9)10/h4-5H,3,6H2,1-2H3,(H,17,18). The number of hydrogen-bond donors (Lipinski definition) is 1. The number of rotatable bonds is 3. The van der Waals surface area contributed by atoms with Crippen molar-refractivity contribution in [3.05, 3.63) is 33.2 Å². The zero-order valence-electron chi connectivity index (χ0n) is 11.1. The van der Waals surface area contributed by atoms with Crippen LogP contribution in [0.2, 0.25) is 0 Å². The summed E-state index contributed by atoms with van der Waals surface area (Å²) in [6, 6.07) is 3.87. The van der Waals surface area contributed by atoms with Crippen LogP contribution in [0.15, 0.2) is 16.9 Å². The molecule has 7 heteroatoms. The van der Waals surface area contributed by atoms with E-state index in [4.69, 9.17) is 5.11 Å². The highest BCUT2D eigenvalue weighted by molar-refractivity contribution is 7.19. The van der Waals surface area contributed by atoms with E-state index in [-0.39, 0.29) is 5.56 Å². The maximum Gasteiger partial charge on any atom is 0.325 e. The van der Waals surface area contributed by atoms with Gasteiger partial charge < -0.3 is 5.11 Å². The summed E-state index contributed by atoms with van der Waals surface area (Å²) in [6.07, 6.45) is 0.948. The lowest BCUT2D eigenvalue weighted by atomic mass is 10.3. The van der Waals surface area contributed by atoms with Crippen molar-refractivity contribution >= 4 is 33.0 Å². The second-order valence-electron chi connectivity index (χ2n) is 4.58. The molecule has 1 N–H and O–H groups in total. The predicted octanol–water partition coefficient (Wildman–Crippen LogP) is 1.67. The van der Waals surface area contributed by atoms with Gasteiger partial charge in [-0.3, -0.25) is 14.0 Å². The number of carbonyl (C=O) groups is 1. The van der Waals surface area contributed by atoms with E-state index < -0.39 is 12.5 Å². The van der Waals surface area contributed by atoms with E-state index in [0.717, 1.165) is 21.3 Å². The summed E-state index contributed by atoms with van der Waals surface area (Å²) in [4.78, 5) is 24.3. The van der Waals surface area contributed by atoms with Crippen molar-refractivity contribution in [3.63, 3.8) is 0 Å². The molecule has 0 aliphatic heterocycles. The minimum Gasteiger partial charge on any atom is -0.480 e. The molecule has 0 radical (unpaired) electrons. The van der Waals surface area contributed by atoms with E-state index in [1.807, 2.05) is 6.07 Å². The van der Waals surface area contributed by atoms with Crippen molar-refractivity contribution in [1.29, 1.82) is 0 Å². The van der Waals surface area contributed by atoms with Crippen molar-refractivity contribution in [3.8, 4) is 0 Å². The van der Waals surface area contributed by atoms with Crippen LogP contribution >= 0.6 is 11.3 Å². The van der Waals surface area contributed by atoms with Gasteiger partial charge in [0, 0.05) is 4.88 Å². The lowest BCUT2D eigenvalue weighted by Gasteiger charge is -2.05. The van der Waals surface area contributed by atoms with Crippen LogP contribution in [0.1, 0.15) is 17.6 Å². The molecular weight excluding hydrogens is 278 g/mol. The highest BCUT2D eigenvalue weighted by Crippen LogP contribution is 2.28. The first-order valence-corrected chi connectivity index (χ1v) is 7.06. The monoisotopic (exact) mass is 291 g/mol. The average Bonchev–Trinajstić information content (AvgIpc) is 2.91. The molecule has 0 aliphatic rings. The van der Waals surface area contributed by atoms with Gasteiger partial charge in [0.25, 0.3) is 5.56 Å². The van der Waals surface area contributed by atoms with E-state index in [2.05, 4.69) is 18.1 Å². The number of nitrogens with zero attached hydrogens (tertiary/aromatic N) is 3. The minimum absolute atomic E-state index is 0.376. The lowest BCUT2D eigenvalue weighted by Crippen LogP contribution is -2.29. The number of aliphatic carboxylic acids is 1. The van der Waals surface area contributed by atoms with Gasteiger partial charge in [-0.2, -0.15) is 5.10 Å². The molecule has 20 heavy (non-hydrogen) atoms. The number of fused-ring (bicyclic) bond motifs is 3. The number of carboxylic acids is 1. The molecule has 3 rings (SSSR count). The van der Waals surface area contributed by atoms with Crippen LogP contribution in [0.4, 0.5) is 0 Å². The Kier molecular flexibility index (Phi) is 2.86. The van der Waals surface area contributed by atoms with Gasteiger partial charge in [-0.1, -0.05) is 6.92 Å². The number of thiophene rings is 1. The summed E-state index contributed by atoms with van der Waals surface area (Å²) >= 11 is 1.65. The van der Waals surface area contributed by atoms with Crippen molar-refractivity contribution < 1.29 is 9.90 Å². The summed E-state index contributed by atoms with van der Waals surface area (Å²) in [6.45, 7) is 3.44. The Morgan fingerprint density at radius 3 is 2.80 bits per heavy atom. The smallest absolute Gasteiger partial charge is 0.325 e. The summed E-state index contributed by atoms with van der Waals surface area (Å²) in [7, 11) is 0. The molecule has 0 unspecified atom stereocenters. The zero-order valence-corrected chi connectivity index (χ0v) is 11.9. The zero-order chi connectivity index (χ0) is 14.4. The van der Waals surface area contributed by atoms with E-state index in [9.17, 15) is 9.59 Å². The second-order valence-corrected chi connectivity index (χ2v) is 5.75. The molecule has 3 aromatic rings. The molecule has 0 bridgehead atoms. The van der Waals surface area contributed by atoms with Crippen LogP contribution in [-0.4, -0.2) is 25.3 Å². The lowest BCUT2D eigenvalue weighted by molar-refractivity contribution is -0.138. The normalized spacial score (nSPS) is 11.5. The van der Waals surface area contributed by atoms with Gasteiger partial charge in [0.05, 0.1) is 10.2 Å². The van der Waals surface area contributed by atoms with Crippen molar-refractivity contribution in [2.24, 2.45) is 0 Å². The summed E-state index contributed by atoms with van der Waals surface area (Å²) in [5.41, 5.74) is 1.06. The van der Waals surface area contributed by atoms with Crippen LogP contribution in [0, 0.1) is 6.92 Å². The summed E-state index contributed by atoms with van der Waals surface area (Å²) in [5, 5.41) is 12.9. The molecule has 0 fully saturated rings. The van der Waals surface area contributed by atoms with Gasteiger partial charge in [0.1, 0.15) is 17.9 Å². The Labute approximate surface area is 117 Å². The van der Waals surface area contributed by atoms with Crippen LogP contribution in [0.25, 0.3) is 15.7 Å². The second kappa shape index (κ2) is 4.45. The molecule has 104 valence electrons. The van der Waals surface area contributed by atoms with Crippen molar-refractivity contribution in [2.75, 3.05) is 0 Å².